The number of carbonyl (C=O) groups is 1. The molecule has 2 heterocycles. The predicted molar refractivity (Wildman–Crippen MR) is 67.4 cm³/mol. The standard InChI is InChI=1S/C13H14N4O2/c18-13(10-4-2-1-3-5-10)17-6-7-19-9-12(17)11-8-14-16-15-11/h1-5,8,12H,6-7,9H2,(H,14,15,16). The number of nitrogens with one attached hydrogen (secondary N) is 1. The van der Waals surface area contributed by atoms with E-state index in [1.54, 1.807) is 11.1 Å². The van der Waals surface area contributed by atoms with Gasteiger partial charge in [-0.25, -0.2) is 0 Å². The largest absolute Gasteiger partial charge is 0.377 e. The smallest absolute Gasteiger partial charge is 0.254 e. The summed E-state index contributed by atoms with van der Waals surface area (Å²) in [6, 6.07) is 9.07. The Hall–Kier alpha value is -2.21. The fourth-order valence-corrected chi connectivity index (χ4v) is 2.21. The molecule has 0 aliphatic carbocycles. The van der Waals surface area contributed by atoms with E-state index in [9.17, 15) is 4.79 Å². The average molecular weight is 258 g/mol. The minimum absolute atomic E-state index is 0.00287. The van der Waals surface area contributed by atoms with Crippen molar-refractivity contribution in [2.75, 3.05) is 19.8 Å². The van der Waals surface area contributed by atoms with Crippen LogP contribution in [-0.2, 0) is 4.74 Å². The number of nitrogens with zero attached hydrogens (tertiary/aromatic N) is 3. The van der Waals surface area contributed by atoms with Gasteiger partial charge in [0.05, 0.1) is 13.2 Å². The Kier molecular flexibility index (Phi) is 3.24. The lowest BCUT2D eigenvalue weighted by atomic mass is 10.1. The summed E-state index contributed by atoms with van der Waals surface area (Å²) in [6.45, 7) is 1.56. The Bertz CT molecular complexity index is 541. The fraction of sp³-hybridized carbons (Fsp3) is 0.308. The third-order valence-corrected chi connectivity index (χ3v) is 3.19. The van der Waals surface area contributed by atoms with Crippen LogP contribution in [0.25, 0.3) is 0 Å². The van der Waals surface area contributed by atoms with Crippen LogP contribution in [0.15, 0.2) is 36.5 Å². The quantitative estimate of drug-likeness (QED) is 0.873. The van der Waals surface area contributed by atoms with Gasteiger partial charge >= 0.3 is 0 Å². The van der Waals surface area contributed by atoms with E-state index in [1.165, 1.54) is 0 Å². The summed E-state index contributed by atoms with van der Waals surface area (Å²) >= 11 is 0. The van der Waals surface area contributed by atoms with Crippen molar-refractivity contribution in [1.29, 1.82) is 0 Å². The van der Waals surface area contributed by atoms with Crippen LogP contribution in [0.3, 0.4) is 0 Å². The van der Waals surface area contributed by atoms with Gasteiger partial charge in [-0.05, 0) is 12.1 Å². The van der Waals surface area contributed by atoms with Gasteiger partial charge in [0.1, 0.15) is 11.7 Å². The molecule has 1 aromatic carbocycles. The first-order valence-corrected chi connectivity index (χ1v) is 6.16. The van der Waals surface area contributed by atoms with Gasteiger partial charge in [-0.1, -0.05) is 23.4 Å². The summed E-state index contributed by atoms with van der Waals surface area (Å²) in [6.07, 6.45) is 1.70. The lowest BCUT2D eigenvalue weighted by Gasteiger charge is -2.34. The van der Waals surface area contributed by atoms with Crippen molar-refractivity contribution in [3.8, 4) is 0 Å². The Morgan fingerprint density at radius 1 is 1.37 bits per heavy atom. The lowest BCUT2D eigenvalue weighted by Crippen LogP contribution is -2.43. The zero-order valence-electron chi connectivity index (χ0n) is 10.3. The van der Waals surface area contributed by atoms with Gasteiger partial charge in [-0.3, -0.25) is 9.89 Å². The molecule has 3 rings (SSSR count). The second-order valence-electron chi connectivity index (χ2n) is 4.35. The molecule has 1 aliphatic rings. The number of ether oxygens (including phenoxy) is 1. The van der Waals surface area contributed by atoms with E-state index in [2.05, 4.69) is 15.4 Å². The van der Waals surface area contributed by atoms with Crippen LogP contribution in [0.2, 0.25) is 0 Å². The van der Waals surface area contributed by atoms with Gasteiger partial charge in [-0.2, -0.15) is 0 Å². The van der Waals surface area contributed by atoms with Gasteiger partial charge < -0.3 is 9.64 Å². The van der Waals surface area contributed by atoms with E-state index < -0.39 is 0 Å². The maximum atomic E-state index is 12.5. The molecule has 2 aromatic rings. The van der Waals surface area contributed by atoms with Gasteiger partial charge in [0.15, 0.2) is 0 Å². The first-order chi connectivity index (χ1) is 9.36. The predicted octanol–water partition coefficient (Wildman–Crippen LogP) is 1.02. The topological polar surface area (TPSA) is 71.1 Å². The van der Waals surface area contributed by atoms with E-state index in [0.29, 0.717) is 25.3 Å². The minimum Gasteiger partial charge on any atom is -0.377 e. The molecule has 1 aromatic heterocycles. The minimum atomic E-state index is -0.180. The zero-order chi connectivity index (χ0) is 13.1. The second kappa shape index (κ2) is 5.19. The molecule has 1 atom stereocenters. The molecule has 1 unspecified atom stereocenters. The number of rotatable bonds is 2. The molecular formula is C13H14N4O2. The van der Waals surface area contributed by atoms with Crippen LogP contribution in [-0.4, -0.2) is 46.0 Å². The van der Waals surface area contributed by atoms with Gasteiger partial charge in [-0.15, -0.1) is 5.10 Å². The normalized spacial score (nSPS) is 19.4. The molecule has 0 spiro atoms. The number of aromatic amines is 1. The van der Waals surface area contributed by atoms with E-state index in [-0.39, 0.29) is 11.9 Å². The summed E-state index contributed by atoms with van der Waals surface area (Å²) in [5.41, 5.74) is 1.40. The number of amides is 1. The second-order valence-corrected chi connectivity index (χ2v) is 4.35. The van der Waals surface area contributed by atoms with Crippen molar-refractivity contribution < 1.29 is 9.53 Å². The van der Waals surface area contributed by atoms with Crippen LogP contribution in [0.4, 0.5) is 0 Å². The SMILES string of the molecule is O=C(c1ccccc1)N1CCOCC1c1c[nH]nn1. The molecule has 98 valence electrons. The molecule has 19 heavy (non-hydrogen) atoms. The third-order valence-electron chi connectivity index (χ3n) is 3.19. The molecule has 6 heteroatoms. The van der Waals surface area contributed by atoms with Crippen LogP contribution >= 0.6 is 0 Å². The Labute approximate surface area is 110 Å². The Morgan fingerprint density at radius 3 is 2.95 bits per heavy atom. The highest BCUT2D eigenvalue weighted by Crippen LogP contribution is 2.23. The van der Waals surface area contributed by atoms with Crippen molar-refractivity contribution >= 4 is 5.91 Å². The van der Waals surface area contributed by atoms with E-state index in [1.807, 2.05) is 30.3 Å². The van der Waals surface area contributed by atoms with Crippen LogP contribution in [0, 0.1) is 0 Å². The number of hydrogen-bond donors (Lipinski definition) is 1. The number of hydrogen-bond acceptors (Lipinski definition) is 4. The van der Waals surface area contributed by atoms with Crippen molar-refractivity contribution in [3.05, 3.63) is 47.8 Å². The number of benzene rings is 1. The summed E-state index contributed by atoms with van der Waals surface area (Å²) in [5, 5.41) is 10.4. The Balaban J connectivity index is 1.87. The van der Waals surface area contributed by atoms with Crippen molar-refractivity contribution in [1.82, 2.24) is 20.3 Å². The van der Waals surface area contributed by atoms with Gasteiger partial charge in [0, 0.05) is 18.3 Å². The van der Waals surface area contributed by atoms with E-state index in [4.69, 9.17) is 4.74 Å². The summed E-state index contributed by atoms with van der Waals surface area (Å²) in [5.74, 6) is -0.00287. The van der Waals surface area contributed by atoms with Crippen molar-refractivity contribution in [2.45, 2.75) is 6.04 Å². The molecular weight excluding hydrogens is 244 g/mol. The van der Waals surface area contributed by atoms with Crippen molar-refractivity contribution in [2.24, 2.45) is 0 Å². The number of H-pyrrole nitrogens is 1. The molecule has 1 aliphatic heterocycles. The molecule has 1 fully saturated rings. The fourth-order valence-electron chi connectivity index (χ4n) is 2.21. The molecule has 1 saturated heterocycles. The molecule has 0 saturated carbocycles. The zero-order valence-corrected chi connectivity index (χ0v) is 10.3. The number of carbonyl (C=O) groups excluding carboxylic acids is 1. The van der Waals surface area contributed by atoms with Crippen LogP contribution in [0.1, 0.15) is 22.1 Å². The summed E-state index contributed by atoms with van der Waals surface area (Å²) in [4.78, 5) is 14.3. The van der Waals surface area contributed by atoms with Gasteiger partial charge in [0.2, 0.25) is 0 Å². The molecule has 1 N–H and O–H groups in total. The van der Waals surface area contributed by atoms with Crippen LogP contribution < -0.4 is 0 Å². The van der Waals surface area contributed by atoms with Gasteiger partial charge in [0.25, 0.3) is 5.91 Å². The van der Waals surface area contributed by atoms with E-state index >= 15 is 0 Å². The average Bonchev–Trinajstić information content (AvgIpc) is 3.01. The highest BCUT2D eigenvalue weighted by Gasteiger charge is 2.30. The van der Waals surface area contributed by atoms with Crippen LogP contribution in [0.5, 0.6) is 0 Å². The first-order valence-electron chi connectivity index (χ1n) is 6.16. The third kappa shape index (κ3) is 2.34. The summed E-state index contributed by atoms with van der Waals surface area (Å²) < 4.78 is 5.45. The monoisotopic (exact) mass is 258 g/mol. The number of aromatic nitrogens is 3. The molecule has 0 bridgehead atoms. The first kappa shape index (κ1) is 11.9. The molecule has 0 radical (unpaired) electrons. The van der Waals surface area contributed by atoms with E-state index in [0.717, 1.165) is 5.69 Å². The highest BCUT2D eigenvalue weighted by molar-refractivity contribution is 5.94. The molecule has 6 nitrogen and oxygen atoms in total. The summed E-state index contributed by atoms with van der Waals surface area (Å²) in [7, 11) is 0. The highest BCUT2D eigenvalue weighted by atomic mass is 16.5. The Morgan fingerprint density at radius 2 is 2.21 bits per heavy atom. The van der Waals surface area contributed by atoms with Crippen molar-refractivity contribution in [3.63, 3.8) is 0 Å². The maximum Gasteiger partial charge on any atom is 0.254 e. The maximum absolute atomic E-state index is 12.5. The molecule has 1 amide bonds. The lowest BCUT2D eigenvalue weighted by molar-refractivity contribution is -0.00392. The number of morpholine rings is 1.